The summed E-state index contributed by atoms with van der Waals surface area (Å²) in [4.78, 5) is 11.6. The second kappa shape index (κ2) is 2.82. The number of amides is 1. The lowest BCUT2D eigenvalue weighted by Gasteiger charge is -2.28. The highest BCUT2D eigenvalue weighted by Gasteiger charge is 2.38. The van der Waals surface area contributed by atoms with Crippen molar-refractivity contribution in [3.05, 3.63) is 29.8 Å². The van der Waals surface area contributed by atoms with Crippen LogP contribution in [0.15, 0.2) is 29.4 Å². The molecule has 0 radical (unpaired) electrons. The van der Waals surface area contributed by atoms with E-state index in [0.717, 1.165) is 17.7 Å². The first-order chi connectivity index (χ1) is 7.25. The maximum absolute atomic E-state index is 11.6. The lowest BCUT2D eigenvalue weighted by molar-refractivity contribution is 0.127. The number of carbonyl (C=O) groups excluding carboxylic acids is 1. The Morgan fingerprint density at radius 1 is 1.47 bits per heavy atom. The van der Waals surface area contributed by atoms with Gasteiger partial charge >= 0.3 is 6.09 Å². The fourth-order valence-electron chi connectivity index (χ4n) is 2.06. The van der Waals surface area contributed by atoms with Gasteiger partial charge in [0.2, 0.25) is 0 Å². The molecule has 1 aromatic carbocycles. The zero-order chi connectivity index (χ0) is 10.4. The molecule has 1 aromatic rings. The van der Waals surface area contributed by atoms with Crippen molar-refractivity contribution in [2.45, 2.75) is 19.4 Å². The zero-order valence-corrected chi connectivity index (χ0v) is 8.30. The van der Waals surface area contributed by atoms with Crippen LogP contribution in [0.4, 0.5) is 4.79 Å². The Morgan fingerprint density at radius 2 is 2.27 bits per heavy atom. The van der Waals surface area contributed by atoms with Crippen LogP contribution < -0.4 is 4.74 Å². The maximum Gasteiger partial charge on any atom is 0.436 e. The maximum atomic E-state index is 11.6. The highest BCUT2D eigenvalue weighted by atomic mass is 16.6. The number of para-hydroxylation sites is 1. The Kier molecular flexibility index (Phi) is 1.59. The summed E-state index contributed by atoms with van der Waals surface area (Å²) in [6, 6.07) is 7.64. The minimum absolute atomic E-state index is 0.0300. The molecule has 0 saturated heterocycles. The van der Waals surface area contributed by atoms with Gasteiger partial charge in [-0.15, -0.1) is 0 Å². The highest BCUT2D eigenvalue weighted by Crippen LogP contribution is 2.39. The minimum atomic E-state index is -0.379. The van der Waals surface area contributed by atoms with Crippen molar-refractivity contribution in [3.63, 3.8) is 0 Å². The average molecular weight is 202 g/mol. The predicted octanol–water partition coefficient (Wildman–Crippen LogP) is 2.32. The quantitative estimate of drug-likeness (QED) is 0.647. The van der Waals surface area contributed by atoms with Crippen LogP contribution in [0.3, 0.4) is 0 Å². The van der Waals surface area contributed by atoms with Crippen molar-refractivity contribution < 1.29 is 9.53 Å². The van der Waals surface area contributed by atoms with E-state index in [2.05, 4.69) is 5.10 Å². The molecule has 0 bridgehead atoms. The molecule has 4 nitrogen and oxygen atoms in total. The molecule has 1 amide bonds. The Bertz CT molecular complexity index is 467. The SMILES string of the molecule is CC1=NN2C(=O)Oc3ccccc3C2C1. The molecule has 0 aromatic heterocycles. The molecule has 2 aliphatic heterocycles. The lowest BCUT2D eigenvalue weighted by atomic mass is 10.0. The van der Waals surface area contributed by atoms with Crippen LogP contribution in [0.25, 0.3) is 0 Å². The number of ether oxygens (including phenoxy) is 1. The van der Waals surface area contributed by atoms with Crippen LogP contribution in [0.1, 0.15) is 24.9 Å². The Hall–Kier alpha value is -1.84. The van der Waals surface area contributed by atoms with Gasteiger partial charge in [-0.05, 0) is 13.0 Å². The van der Waals surface area contributed by atoms with E-state index in [-0.39, 0.29) is 12.1 Å². The minimum Gasteiger partial charge on any atom is -0.409 e. The van der Waals surface area contributed by atoms with Gasteiger partial charge in [0.25, 0.3) is 0 Å². The molecule has 3 rings (SSSR count). The van der Waals surface area contributed by atoms with E-state index in [1.54, 1.807) is 0 Å². The summed E-state index contributed by atoms with van der Waals surface area (Å²) in [5, 5.41) is 5.59. The van der Waals surface area contributed by atoms with Crippen LogP contribution >= 0.6 is 0 Å². The summed E-state index contributed by atoms with van der Waals surface area (Å²) in [7, 11) is 0. The summed E-state index contributed by atoms with van der Waals surface area (Å²) in [5.41, 5.74) is 2.01. The number of benzene rings is 1. The van der Waals surface area contributed by atoms with E-state index < -0.39 is 0 Å². The Morgan fingerprint density at radius 3 is 3.13 bits per heavy atom. The molecule has 0 saturated carbocycles. The third-order valence-electron chi connectivity index (χ3n) is 2.72. The van der Waals surface area contributed by atoms with E-state index >= 15 is 0 Å². The molecule has 76 valence electrons. The summed E-state index contributed by atoms with van der Waals surface area (Å²) in [5.74, 6) is 0.661. The normalized spacial score (nSPS) is 23.0. The molecule has 1 unspecified atom stereocenters. The second-order valence-corrected chi connectivity index (χ2v) is 3.81. The number of carbonyl (C=O) groups is 1. The van der Waals surface area contributed by atoms with E-state index in [4.69, 9.17) is 4.74 Å². The van der Waals surface area contributed by atoms with Gasteiger partial charge < -0.3 is 4.74 Å². The molecule has 4 heteroatoms. The largest absolute Gasteiger partial charge is 0.436 e. The van der Waals surface area contributed by atoms with Crippen LogP contribution in [-0.2, 0) is 0 Å². The van der Waals surface area contributed by atoms with Gasteiger partial charge in [-0.3, -0.25) is 0 Å². The van der Waals surface area contributed by atoms with Gasteiger partial charge in [0, 0.05) is 17.7 Å². The third-order valence-corrected chi connectivity index (χ3v) is 2.72. The number of nitrogens with zero attached hydrogens (tertiary/aromatic N) is 2. The average Bonchev–Trinajstić information content (AvgIpc) is 2.61. The standard InChI is InChI=1S/C11H10N2O2/c1-7-6-9-8-4-2-3-5-10(8)15-11(14)13(9)12-7/h2-5,9H,6H2,1H3. The van der Waals surface area contributed by atoms with Gasteiger partial charge in [0.05, 0.1) is 6.04 Å². The van der Waals surface area contributed by atoms with Crippen molar-refractivity contribution >= 4 is 11.8 Å². The van der Waals surface area contributed by atoms with Crippen LogP contribution in [0.2, 0.25) is 0 Å². The molecular formula is C11H10N2O2. The Labute approximate surface area is 87.1 Å². The molecular weight excluding hydrogens is 192 g/mol. The monoisotopic (exact) mass is 202 g/mol. The molecule has 0 spiro atoms. The molecule has 0 N–H and O–H groups in total. The number of rotatable bonds is 0. The van der Waals surface area contributed by atoms with Crippen molar-refractivity contribution in [2.75, 3.05) is 0 Å². The van der Waals surface area contributed by atoms with Crippen molar-refractivity contribution in [1.82, 2.24) is 5.01 Å². The molecule has 2 heterocycles. The van der Waals surface area contributed by atoms with Crippen LogP contribution in [0, 0.1) is 0 Å². The summed E-state index contributed by atoms with van der Waals surface area (Å²) in [6.45, 7) is 1.92. The first kappa shape index (κ1) is 8.47. The topological polar surface area (TPSA) is 41.9 Å². The van der Waals surface area contributed by atoms with Crippen LogP contribution in [0.5, 0.6) is 5.75 Å². The first-order valence-corrected chi connectivity index (χ1v) is 4.90. The predicted molar refractivity (Wildman–Crippen MR) is 54.8 cm³/mol. The van der Waals surface area contributed by atoms with Crippen molar-refractivity contribution in [3.8, 4) is 5.75 Å². The lowest BCUT2D eigenvalue weighted by Crippen LogP contribution is -2.34. The highest BCUT2D eigenvalue weighted by molar-refractivity contribution is 5.88. The molecule has 2 aliphatic rings. The van der Waals surface area contributed by atoms with Gasteiger partial charge in [-0.25, -0.2) is 4.79 Å². The zero-order valence-electron chi connectivity index (χ0n) is 8.30. The smallest absolute Gasteiger partial charge is 0.409 e. The van der Waals surface area contributed by atoms with E-state index in [0.29, 0.717) is 5.75 Å². The van der Waals surface area contributed by atoms with Crippen molar-refractivity contribution in [2.24, 2.45) is 5.10 Å². The van der Waals surface area contributed by atoms with Gasteiger partial charge in [0.1, 0.15) is 5.75 Å². The number of hydrogen-bond acceptors (Lipinski definition) is 3. The second-order valence-electron chi connectivity index (χ2n) is 3.81. The first-order valence-electron chi connectivity index (χ1n) is 4.90. The summed E-state index contributed by atoms with van der Waals surface area (Å²) in [6.07, 6.45) is 0.419. The number of hydrazone groups is 1. The molecule has 15 heavy (non-hydrogen) atoms. The van der Waals surface area contributed by atoms with E-state index in [1.807, 2.05) is 31.2 Å². The summed E-state index contributed by atoms with van der Waals surface area (Å²) >= 11 is 0. The number of fused-ring (bicyclic) bond motifs is 3. The molecule has 0 fully saturated rings. The molecule has 0 aliphatic carbocycles. The van der Waals surface area contributed by atoms with Gasteiger partial charge in [0.15, 0.2) is 0 Å². The number of hydrogen-bond donors (Lipinski definition) is 0. The fraction of sp³-hybridized carbons (Fsp3) is 0.273. The molecule has 1 atom stereocenters. The summed E-state index contributed by atoms with van der Waals surface area (Å²) < 4.78 is 5.17. The third kappa shape index (κ3) is 1.14. The van der Waals surface area contributed by atoms with E-state index in [9.17, 15) is 4.79 Å². The van der Waals surface area contributed by atoms with Gasteiger partial charge in [-0.1, -0.05) is 18.2 Å². The van der Waals surface area contributed by atoms with E-state index in [1.165, 1.54) is 5.01 Å². The van der Waals surface area contributed by atoms with Gasteiger partial charge in [-0.2, -0.15) is 10.1 Å². The van der Waals surface area contributed by atoms with Crippen LogP contribution in [-0.4, -0.2) is 16.8 Å². The fourth-order valence-corrected chi connectivity index (χ4v) is 2.06. The Balaban J connectivity index is 2.11. The van der Waals surface area contributed by atoms with Crippen molar-refractivity contribution in [1.29, 1.82) is 0 Å².